The number of ether oxygens (including phenoxy) is 1. The molecule has 0 fully saturated rings. The highest BCUT2D eigenvalue weighted by Crippen LogP contribution is 1.78. The summed E-state index contributed by atoms with van der Waals surface area (Å²) in [5.74, 6) is -0.193. The summed E-state index contributed by atoms with van der Waals surface area (Å²) in [5.41, 5.74) is 0. The Bertz CT molecular complexity index is 72.7. The quantitative estimate of drug-likeness (QED) is 0.460. The lowest BCUT2D eigenvalue weighted by Gasteiger charge is -1.93. The fourth-order valence-corrected chi connectivity index (χ4v) is 0.246. The summed E-state index contributed by atoms with van der Waals surface area (Å²) in [6.45, 7) is 3.92. The number of hydrogen-bond donors (Lipinski definition) is 0. The maximum absolute atomic E-state index is 9.98. The number of hydrogen-bond acceptors (Lipinski definition) is 2. The molecule has 0 amide bonds. The molecule has 3 radical (unpaired) electrons. The SMILES string of the molecule is CCCOC(C)=O.F.F.F.[B]. The minimum Gasteiger partial charge on any atom is -0.466 e. The maximum Gasteiger partial charge on any atom is 0.302 e. The molecule has 69 valence electrons. The van der Waals surface area contributed by atoms with Crippen molar-refractivity contribution in [3.8, 4) is 0 Å². The van der Waals surface area contributed by atoms with Crippen LogP contribution in [-0.4, -0.2) is 21.0 Å². The molecule has 6 heteroatoms. The average Bonchev–Trinajstić information content (AvgIpc) is 1.61. The van der Waals surface area contributed by atoms with Crippen LogP contribution in [-0.2, 0) is 9.53 Å². The van der Waals surface area contributed by atoms with Gasteiger partial charge in [-0.25, -0.2) is 0 Å². The van der Waals surface area contributed by atoms with E-state index in [1.807, 2.05) is 6.92 Å². The predicted octanol–water partition coefficient (Wildman–Crippen LogP) is 1.04. The monoisotopic (exact) mass is 173 g/mol. The van der Waals surface area contributed by atoms with E-state index in [2.05, 4.69) is 4.74 Å². The third-order valence-corrected chi connectivity index (χ3v) is 0.509. The Labute approximate surface area is 66.0 Å². The molecular weight excluding hydrogens is 160 g/mol. The van der Waals surface area contributed by atoms with E-state index < -0.39 is 0 Å². The molecule has 0 spiro atoms. The summed E-state index contributed by atoms with van der Waals surface area (Å²) in [4.78, 5) is 9.98. The first-order valence-electron chi connectivity index (χ1n) is 2.40. The van der Waals surface area contributed by atoms with Crippen molar-refractivity contribution in [1.29, 1.82) is 0 Å². The van der Waals surface area contributed by atoms with Gasteiger partial charge in [0.15, 0.2) is 0 Å². The largest absolute Gasteiger partial charge is 0.466 e. The normalized spacial score (nSPS) is 5.27. The molecule has 0 aromatic heterocycles. The van der Waals surface area contributed by atoms with Gasteiger partial charge in [0, 0.05) is 15.3 Å². The molecule has 0 rings (SSSR count). The van der Waals surface area contributed by atoms with E-state index >= 15 is 0 Å². The van der Waals surface area contributed by atoms with Gasteiger partial charge in [0.2, 0.25) is 0 Å². The van der Waals surface area contributed by atoms with E-state index in [0.29, 0.717) is 6.61 Å². The molecule has 0 heterocycles. The molecule has 0 saturated carbocycles. The lowest BCUT2D eigenvalue weighted by molar-refractivity contribution is -0.140. The number of rotatable bonds is 2. The Morgan fingerprint density at radius 3 is 1.73 bits per heavy atom. The van der Waals surface area contributed by atoms with E-state index in [1.54, 1.807) is 0 Å². The molecule has 2 nitrogen and oxygen atoms in total. The Morgan fingerprint density at radius 2 is 1.64 bits per heavy atom. The highest BCUT2D eigenvalue weighted by atomic mass is 19.0. The molecule has 0 atom stereocenters. The molecular formula is C5H13BF3O2. The van der Waals surface area contributed by atoms with E-state index in [4.69, 9.17) is 0 Å². The van der Waals surface area contributed by atoms with Crippen LogP contribution < -0.4 is 0 Å². The smallest absolute Gasteiger partial charge is 0.302 e. The number of carbonyl (C=O) groups is 1. The number of carbonyl (C=O) groups excluding carboxylic acids is 1. The van der Waals surface area contributed by atoms with Gasteiger partial charge in [-0.2, -0.15) is 0 Å². The number of esters is 1. The van der Waals surface area contributed by atoms with Gasteiger partial charge in [0.25, 0.3) is 0 Å². The van der Waals surface area contributed by atoms with Crippen LogP contribution in [0.2, 0.25) is 0 Å². The third-order valence-electron chi connectivity index (χ3n) is 0.509. The van der Waals surface area contributed by atoms with Gasteiger partial charge in [-0.15, -0.1) is 0 Å². The van der Waals surface area contributed by atoms with Crippen LogP contribution in [0.3, 0.4) is 0 Å². The first-order chi connectivity index (χ1) is 3.27. The average molecular weight is 173 g/mol. The molecule has 0 saturated heterocycles. The molecule has 0 aromatic rings. The number of halogens is 3. The summed E-state index contributed by atoms with van der Waals surface area (Å²) in [5, 5.41) is 0. The van der Waals surface area contributed by atoms with Crippen LogP contribution in [0.1, 0.15) is 20.3 Å². The Hall–Kier alpha value is -0.675. The maximum atomic E-state index is 9.98. The standard InChI is InChI=1S/C5H10O2.B.3FH/c1-3-4-7-5(2)6;;;;/h3-4H2,1-2H3;;3*1H. The fourth-order valence-electron chi connectivity index (χ4n) is 0.246. The van der Waals surface area contributed by atoms with Crippen molar-refractivity contribution < 1.29 is 23.6 Å². The molecule has 0 bridgehead atoms. The van der Waals surface area contributed by atoms with Crippen molar-refractivity contribution in [2.24, 2.45) is 0 Å². The van der Waals surface area contributed by atoms with Crippen LogP contribution in [0.5, 0.6) is 0 Å². The Morgan fingerprint density at radius 1 is 1.27 bits per heavy atom. The minimum atomic E-state index is -0.193. The van der Waals surface area contributed by atoms with E-state index in [9.17, 15) is 4.79 Å². The Kier molecular flexibility index (Phi) is 65.6. The molecule has 11 heavy (non-hydrogen) atoms. The van der Waals surface area contributed by atoms with Gasteiger partial charge in [-0.3, -0.25) is 18.9 Å². The zero-order valence-electron chi connectivity index (χ0n) is 6.53. The summed E-state index contributed by atoms with van der Waals surface area (Å²) < 4.78 is 4.55. The van der Waals surface area contributed by atoms with Crippen molar-refractivity contribution in [2.45, 2.75) is 20.3 Å². The van der Waals surface area contributed by atoms with E-state index in [-0.39, 0.29) is 28.5 Å². The topological polar surface area (TPSA) is 26.3 Å². The van der Waals surface area contributed by atoms with Crippen LogP contribution in [0.4, 0.5) is 14.1 Å². The van der Waals surface area contributed by atoms with Crippen LogP contribution in [0.15, 0.2) is 0 Å². The van der Waals surface area contributed by atoms with Gasteiger partial charge < -0.3 is 4.74 Å². The van der Waals surface area contributed by atoms with Crippen LogP contribution >= 0.6 is 0 Å². The first kappa shape index (κ1) is 31.7. The highest BCUT2D eigenvalue weighted by Gasteiger charge is 1.85. The van der Waals surface area contributed by atoms with E-state index in [1.165, 1.54) is 6.92 Å². The Balaban J connectivity index is -0.0000000300. The lowest BCUT2D eigenvalue weighted by atomic mass is 10.5. The highest BCUT2D eigenvalue weighted by molar-refractivity contribution is 5.75. The van der Waals surface area contributed by atoms with Crippen molar-refractivity contribution in [3.05, 3.63) is 0 Å². The molecule has 0 N–H and O–H groups in total. The third kappa shape index (κ3) is 45.3. The summed E-state index contributed by atoms with van der Waals surface area (Å²) in [6.07, 6.45) is 0.902. The molecule has 0 aliphatic carbocycles. The van der Waals surface area contributed by atoms with E-state index in [0.717, 1.165) is 6.42 Å². The lowest BCUT2D eigenvalue weighted by Crippen LogP contribution is -1.98. The second kappa shape index (κ2) is 22.8. The van der Waals surface area contributed by atoms with Crippen molar-refractivity contribution >= 4 is 14.4 Å². The van der Waals surface area contributed by atoms with Crippen LogP contribution in [0, 0.1) is 0 Å². The van der Waals surface area contributed by atoms with Gasteiger partial charge >= 0.3 is 5.97 Å². The second-order valence-electron chi connectivity index (χ2n) is 1.34. The summed E-state index contributed by atoms with van der Waals surface area (Å²) in [7, 11) is 0. The molecule has 0 aliphatic heterocycles. The van der Waals surface area contributed by atoms with Crippen molar-refractivity contribution in [3.63, 3.8) is 0 Å². The summed E-state index contributed by atoms with van der Waals surface area (Å²) >= 11 is 0. The van der Waals surface area contributed by atoms with Crippen molar-refractivity contribution in [2.75, 3.05) is 6.61 Å². The van der Waals surface area contributed by atoms with Gasteiger partial charge in [0.1, 0.15) is 0 Å². The minimum absolute atomic E-state index is 0. The zero-order valence-corrected chi connectivity index (χ0v) is 6.53. The summed E-state index contributed by atoms with van der Waals surface area (Å²) in [6, 6.07) is 0. The van der Waals surface area contributed by atoms with Gasteiger partial charge in [0.05, 0.1) is 6.61 Å². The van der Waals surface area contributed by atoms with Crippen molar-refractivity contribution in [1.82, 2.24) is 0 Å². The van der Waals surface area contributed by atoms with Crippen LogP contribution in [0.25, 0.3) is 0 Å². The predicted molar refractivity (Wildman–Crippen MR) is 40.2 cm³/mol. The first-order valence-corrected chi connectivity index (χ1v) is 2.40. The second-order valence-corrected chi connectivity index (χ2v) is 1.34. The molecule has 0 aliphatic rings. The van der Waals surface area contributed by atoms with Gasteiger partial charge in [-0.05, 0) is 6.42 Å². The fraction of sp³-hybridized carbons (Fsp3) is 0.800. The zero-order chi connectivity index (χ0) is 5.70. The molecule has 0 unspecified atom stereocenters. The molecule has 0 aromatic carbocycles. The van der Waals surface area contributed by atoms with Gasteiger partial charge in [-0.1, -0.05) is 6.92 Å².